The van der Waals surface area contributed by atoms with Crippen molar-refractivity contribution >= 4 is 21.6 Å². The molecule has 18 heavy (non-hydrogen) atoms. The smallest absolute Gasteiger partial charge is 0.379 e. The van der Waals surface area contributed by atoms with Crippen LogP contribution in [0.4, 0.5) is 18.9 Å². The van der Waals surface area contributed by atoms with Gasteiger partial charge in [0, 0.05) is 15.7 Å². The minimum Gasteiger partial charge on any atom is -0.379 e. The Labute approximate surface area is 114 Å². The number of hydrogen-bond donors (Lipinski definition) is 1. The van der Waals surface area contributed by atoms with E-state index in [-0.39, 0.29) is 5.54 Å². The zero-order valence-corrected chi connectivity index (χ0v) is 12.2. The lowest BCUT2D eigenvalue weighted by Crippen LogP contribution is -2.30. The third-order valence-electron chi connectivity index (χ3n) is 2.64. The van der Waals surface area contributed by atoms with Crippen LogP contribution in [0, 0.1) is 0 Å². The zero-order valence-electron chi connectivity index (χ0n) is 10.7. The zero-order chi connectivity index (χ0) is 14.0. The maximum atomic E-state index is 12.5. The molecule has 0 aliphatic rings. The van der Waals surface area contributed by atoms with E-state index in [1.165, 1.54) is 6.07 Å². The van der Waals surface area contributed by atoms with Crippen molar-refractivity contribution in [3.8, 4) is 0 Å². The summed E-state index contributed by atoms with van der Waals surface area (Å²) in [4.78, 5) is 0. The summed E-state index contributed by atoms with van der Waals surface area (Å²) in [5, 5.41) is 3.25. The highest BCUT2D eigenvalue weighted by Crippen LogP contribution is 2.35. The van der Waals surface area contributed by atoms with Crippen LogP contribution in [0.25, 0.3) is 0 Å². The molecule has 1 aromatic rings. The summed E-state index contributed by atoms with van der Waals surface area (Å²) in [5.41, 5.74) is -0.105. The van der Waals surface area contributed by atoms with Gasteiger partial charge in [-0.2, -0.15) is 13.2 Å². The number of rotatable bonds is 4. The van der Waals surface area contributed by atoms with Gasteiger partial charge in [0.25, 0.3) is 0 Å². The summed E-state index contributed by atoms with van der Waals surface area (Å²) in [7, 11) is 0. The molecule has 0 bridgehead atoms. The van der Waals surface area contributed by atoms with Crippen LogP contribution in [0.5, 0.6) is 0 Å². The monoisotopic (exact) mass is 323 g/mol. The first kappa shape index (κ1) is 15.3. The normalized spacial score (nSPS) is 12.6. The van der Waals surface area contributed by atoms with Gasteiger partial charge in [-0.05, 0) is 54.4 Å². The van der Waals surface area contributed by atoms with Gasteiger partial charge in [0.1, 0.15) is 0 Å². The maximum Gasteiger partial charge on any atom is 0.416 e. The van der Waals surface area contributed by atoms with Crippen LogP contribution in [0.1, 0.15) is 39.2 Å². The van der Waals surface area contributed by atoms with E-state index >= 15 is 0 Å². The lowest BCUT2D eigenvalue weighted by atomic mass is 9.98. The second-order valence-corrected chi connectivity index (χ2v) is 5.81. The molecule has 0 atom stereocenters. The van der Waals surface area contributed by atoms with Crippen molar-refractivity contribution in [3.63, 3.8) is 0 Å². The molecule has 0 amide bonds. The van der Waals surface area contributed by atoms with Gasteiger partial charge < -0.3 is 5.32 Å². The molecule has 1 nitrogen and oxygen atoms in total. The molecule has 0 spiro atoms. The van der Waals surface area contributed by atoms with Crippen LogP contribution in [0.15, 0.2) is 22.7 Å². The minimum absolute atomic E-state index is 0.142. The van der Waals surface area contributed by atoms with Crippen molar-refractivity contribution in [2.75, 3.05) is 5.32 Å². The molecule has 102 valence electrons. The van der Waals surface area contributed by atoms with Crippen molar-refractivity contribution in [2.24, 2.45) is 0 Å². The predicted octanol–water partition coefficient (Wildman–Crippen LogP) is 5.46. The molecule has 0 radical (unpaired) electrons. The molecule has 1 rings (SSSR count). The third kappa shape index (κ3) is 4.19. The second kappa shape index (κ2) is 5.51. The molecular weight excluding hydrogens is 307 g/mol. The van der Waals surface area contributed by atoms with Crippen LogP contribution >= 0.6 is 15.9 Å². The van der Waals surface area contributed by atoms with Gasteiger partial charge in [0.2, 0.25) is 0 Å². The summed E-state index contributed by atoms with van der Waals surface area (Å²) in [6.45, 7) is 6.13. The Kier molecular flexibility index (Phi) is 4.70. The maximum absolute atomic E-state index is 12.5. The summed E-state index contributed by atoms with van der Waals surface area (Å²) in [6, 6.07) is 3.66. The average Bonchev–Trinajstić information content (AvgIpc) is 2.19. The average molecular weight is 324 g/mol. The molecule has 0 aromatic heterocycles. The largest absolute Gasteiger partial charge is 0.416 e. The van der Waals surface area contributed by atoms with Crippen molar-refractivity contribution in [1.82, 2.24) is 0 Å². The Morgan fingerprint density at radius 3 is 2.28 bits per heavy atom. The van der Waals surface area contributed by atoms with E-state index in [9.17, 15) is 13.2 Å². The number of halogens is 4. The molecule has 1 aromatic carbocycles. The predicted molar refractivity (Wildman–Crippen MR) is 71.8 cm³/mol. The standard InChI is InChI=1S/C13H17BrF3N/c1-4-7-12(2,3)18-11-6-5-9(8-10(11)14)13(15,16)17/h5-6,8,18H,4,7H2,1-3H3. The van der Waals surface area contributed by atoms with Crippen molar-refractivity contribution in [1.29, 1.82) is 0 Å². The second-order valence-electron chi connectivity index (χ2n) is 4.95. The highest BCUT2D eigenvalue weighted by molar-refractivity contribution is 9.10. The lowest BCUT2D eigenvalue weighted by Gasteiger charge is -2.28. The van der Waals surface area contributed by atoms with Crippen molar-refractivity contribution < 1.29 is 13.2 Å². The molecule has 1 N–H and O–H groups in total. The summed E-state index contributed by atoms with van der Waals surface area (Å²) < 4.78 is 38.0. The van der Waals surface area contributed by atoms with Crippen LogP contribution in [-0.4, -0.2) is 5.54 Å². The van der Waals surface area contributed by atoms with Gasteiger partial charge in [0.15, 0.2) is 0 Å². The molecule has 0 fully saturated rings. The topological polar surface area (TPSA) is 12.0 Å². The highest BCUT2D eigenvalue weighted by Gasteiger charge is 2.31. The van der Waals surface area contributed by atoms with E-state index in [0.717, 1.165) is 25.0 Å². The first-order chi connectivity index (χ1) is 8.15. The van der Waals surface area contributed by atoms with E-state index in [0.29, 0.717) is 10.2 Å². The Balaban J connectivity index is 2.93. The van der Waals surface area contributed by atoms with Crippen LogP contribution in [-0.2, 0) is 6.18 Å². The first-order valence-electron chi connectivity index (χ1n) is 5.80. The quantitative estimate of drug-likeness (QED) is 0.775. The van der Waals surface area contributed by atoms with Crippen molar-refractivity contribution in [2.45, 2.75) is 45.3 Å². The number of anilines is 1. The van der Waals surface area contributed by atoms with E-state index in [1.807, 2.05) is 13.8 Å². The third-order valence-corrected chi connectivity index (χ3v) is 3.30. The van der Waals surface area contributed by atoms with Gasteiger partial charge in [0.05, 0.1) is 5.56 Å². The molecule has 0 aliphatic carbocycles. The lowest BCUT2D eigenvalue weighted by molar-refractivity contribution is -0.137. The molecule has 0 heterocycles. The Hall–Kier alpha value is -0.710. The van der Waals surface area contributed by atoms with Gasteiger partial charge in [-0.1, -0.05) is 13.3 Å². The summed E-state index contributed by atoms with van der Waals surface area (Å²) >= 11 is 3.18. The molecule has 0 saturated carbocycles. The number of benzene rings is 1. The van der Waals surface area contributed by atoms with E-state index in [4.69, 9.17) is 0 Å². The molecule has 0 saturated heterocycles. The van der Waals surface area contributed by atoms with Crippen LogP contribution in [0.2, 0.25) is 0 Å². The fourth-order valence-corrected chi connectivity index (χ4v) is 2.32. The SMILES string of the molecule is CCCC(C)(C)Nc1ccc(C(F)(F)F)cc1Br. The van der Waals surface area contributed by atoms with Gasteiger partial charge in [-0.15, -0.1) is 0 Å². The molecule has 0 unspecified atom stereocenters. The number of nitrogens with one attached hydrogen (secondary N) is 1. The molecular formula is C13H17BrF3N. The minimum atomic E-state index is -4.31. The fourth-order valence-electron chi connectivity index (χ4n) is 1.84. The fraction of sp³-hybridized carbons (Fsp3) is 0.538. The first-order valence-corrected chi connectivity index (χ1v) is 6.60. The van der Waals surface area contributed by atoms with Crippen LogP contribution < -0.4 is 5.32 Å². The highest BCUT2D eigenvalue weighted by atomic mass is 79.9. The number of alkyl halides is 3. The Morgan fingerprint density at radius 2 is 1.83 bits per heavy atom. The van der Waals surface area contributed by atoms with Gasteiger partial charge >= 0.3 is 6.18 Å². The summed E-state index contributed by atoms with van der Waals surface area (Å²) in [5.74, 6) is 0. The van der Waals surface area contributed by atoms with Crippen LogP contribution in [0.3, 0.4) is 0 Å². The van der Waals surface area contributed by atoms with E-state index in [2.05, 4.69) is 28.2 Å². The van der Waals surface area contributed by atoms with E-state index in [1.54, 1.807) is 0 Å². The Bertz CT molecular complexity index is 413. The van der Waals surface area contributed by atoms with E-state index < -0.39 is 11.7 Å². The van der Waals surface area contributed by atoms with Gasteiger partial charge in [-0.25, -0.2) is 0 Å². The molecule has 5 heteroatoms. The molecule has 0 aliphatic heterocycles. The number of hydrogen-bond acceptors (Lipinski definition) is 1. The van der Waals surface area contributed by atoms with Crippen molar-refractivity contribution in [3.05, 3.63) is 28.2 Å². The van der Waals surface area contributed by atoms with Gasteiger partial charge in [-0.3, -0.25) is 0 Å². The Morgan fingerprint density at radius 1 is 1.22 bits per heavy atom. The summed E-state index contributed by atoms with van der Waals surface area (Å²) in [6.07, 6.45) is -2.35.